The smallest absolute Gasteiger partial charge is 0.0541 e. The molecule has 0 atom stereocenters. The molecule has 50 heavy (non-hydrogen) atoms. The lowest BCUT2D eigenvalue weighted by atomic mass is 9.96. The lowest BCUT2D eigenvalue weighted by molar-refractivity contribution is 1.18. The second-order valence-electron chi connectivity index (χ2n) is 12.7. The SMILES string of the molecule is c1ccc(-c2ccc(Nc3ccc(-c4ccc(-c5cccc(-c6ccc7c(c6)c6ccccc6n7-c6ccccc6)c5)cc4)cc3)cc2)cc1. The van der Waals surface area contributed by atoms with Crippen LogP contribution in [-0.4, -0.2) is 4.57 Å². The minimum absolute atomic E-state index is 1.07. The average molecular weight is 639 g/mol. The fraction of sp³-hybridized carbons (Fsp3) is 0. The highest BCUT2D eigenvalue weighted by molar-refractivity contribution is 6.10. The van der Waals surface area contributed by atoms with E-state index in [2.05, 4.69) is 204 Å². The Morgan fingerprint density at radius 2 is 0.700 bits per heavy atom. The van der Waals surface area contributed by atoms with Gasteiger partial charge in [0.25, 0.3) is 0 Å². The highest BCUT2D eigenvalue weighted by atomic mass is 15.0. The van der Waals surface area contributed by atoms with Crippen molar-refractivity contribution in [2.24, 2.45) is 0 Å². The van der Waals surface area contributed by atoms with Crippen molar-refractivity contribution in [3.8, 4) is 50.2 Å². The number of rotatable bonds is 7. The first-order chi connectivity index (χ1) is 24.8. The maximum Gasteiger partial charge on any atom is 0.0541 e. The molecule has 0 saturated carbocycles. The van der Waals surface area contributed by atoms with Crippen molar-refractivity contribution in [2.75, 3.05) is 5.32 Å². The number of nitrogens with zero attached hydrogens (tertiary/aromatic N) is 1. The predicted octanol–water partition coefficient (Wildman–Crippen LogP) is 13.2. The van der Waals surface area contributed by atoms with Crippen LogP contribution < -0.4 is 5.32 Å². The van der Waals surface area contributed by atoms with E-state index in [0.29, 0.717) is 0 Å². The van der Waals surface area contributed by atoms with Gasteiger partial charge in [0.2, 0.25) is 0 Å². The summed E-state index contributed by atoms with van der Waals surface area (Å²) in [6.45, 7) is 0. The lowest BCUT2D eigenvalue weighted by Gasteiger charge is -2.10. The van der Waals surface area contributed by atoms with Crippen molar-refractivity contribution in [1.82, 2.24) is 4.57 Å². The fourth-order valence-corrected chi connectivity index (χ4v) is 7.03. The van der Waals surface area contributed by atoms with Gasteiger partial charge in [-0.2, -0.15) is 0 Å². The number of para-hydroxylation sites is 2. The van der Waals surface area contributed by atoms with Gasteiger partial charge in [0.15, 0.2) is 0 Å². The first-order valence-electron chi connectivity index (χ1n) is 17.1. The average Bonchev–Trinajstić information content (AvgIpc) is 3.53. The molecular formula is C48H34N2. The number of benzene rings is 8. The Morgan fingerprint density at radius 1 is 0.280 bits per heavy atom. The Bertz CT molecular complexity index is 2560. The van der Waals surface area contributed by atoms with E-state index in [1.165, 1.54) is 72.0 Å². The van der Waals surface area contributed by atoms with Crippen molar-refractivity contribution in [2.45, 2.75) is 0 Å². The number of hydrogen-bond donors (Lipinski definition) is 1. The summed E-state index contributed by atoms with van der Waals surface area (Å²) in [5.41, 5.74) is 15.4. The molecule has 9 rings (SSSR count). The summed E-state index contributed by atoms with van der Waals surface area (Å²) in [5.74, 6) is 0. The van der Waals surface area contributed by atoms with Gasteiger partial charge in [-0.15, -0.1) is 0 Å². The van der Waals surface area contributed by atoms with Crippen LogP contribution in [0.5, 0.6) is 0 Å². The van der Waals surface area contributed by atoms with Crippen LogP contribution in [-0.2, 0) is 0 Å². The van der Waals surface area contributed by atoms with Crippen molar-refractivity contribution < 1.29 is 0 Å². The summed E-state index contributed by atoms with van der Waals surface area (Å²) in [4.78, 5) is 0. The van der Waals surface area contributed by atoms with E-state index in [9.17, 15) is 0 Å². The molecule has 0 aliphatic rings. The number of anilines is 2. The summed E-state index contributed by atoms with van der Waals surface area (Å²) in [7, 11) is 0. The van der Waals surface area contributed by atoms with E-state index in [0.717, 1.165) is 11.4 Å². The van der Waals surface area contributed by atoms with E-state index >= 15 is 0 Å². The molecule has 0 saturated heterocycles. The Morgan fingerprint density at radius 3 is 1.34 bits per heavy atom. The molecule has 8 aromatic carbocycles. The Hall–Kier alpha value is -6.64. The fourth-order valence-electron chi connectivity index (χ4n) is 7.03. The zero-order valence-electron chi connectivity index (χ0n) is 27.5. The van der Waals surface area contributed by atoms with E-state index in [-0.39, 0.29) is 0 Å². The van der Waals surface area contributed by atoms with Gasteiger partial charge in [0.05, 0.1) is 11.0 Å². The van der Waals surface area contributed by atoms with Crippen LogP contribution in [0.25, 0.3) is 72.0 Å². The van der Waals surface area contributed by atoms with Crippen molar-refractivity contribution in [1.29, 1.82) is 0 Å². The van der Waals surface area contributed by atoms with Gasteiger partial charge in [-0.25, -0.2) is 0 Å². The Balaban J connectivity index is 0.942. The molecule has 0 spiro atoms. The highest BCUT2D eigenvalue weighted by Gasteiger charge is 2.13. The standard InChI is InChI=1S/C48H34N2/c1-3-10-34(11-4-1)36-22-27-42(28-23-36)49-43-29-24-37(25-30-43)35-18-20-38(21-19-35)39-12-9-13-40(32-39)41-26-31-48-46(33-41)45-16-7-8-17-47(45)50(48)44-14-5-2-6-15-44/h1-33,49H. The molecular weight excluding hydrogens is 605 g/mol. The van der Waals surface area contributed by atoms with Crippen LogP contribution in [0.2, 0.25) is 0 Å². The van der Waals surface area contributed by atoms with Gasteiger partial charge in [0.1, 0.15) is 0 Å². The molecule has 0 aliphatic carbocycles. The summed E-state index contributed by atoms with van der Waals surface area (Å²) >= 11 is 0. The Labute approximate surface area is 292 Å². The van der Waals surface area contributed by atoms with E-state index in [1.807, 2.05) is 6.07 Å². The second kappa shape index (κ2) is 12.8. The molecule has 9 aromatic rings. The predicted molar refractivity (Wildman–Crippen MR) is 212 cm³/mol. The highest BCUT2D eigenvalue weighted by Crippen LogP contribution is 2.36. The van der Waals surface area contributed by atoms with Crippen LogP contribution >= 0.6 is 0 Å². The molecule has 0 radical (unpaired) electrons. The lowest BCUT2D eigenvalue weighted by Crippen LogP contribution is -1.92. The number of hydrogen-bond acceptors (Lipinski definition) is 1. The van der Waals surface area contributed by atoms with Crippen molar-refractivity contribution in [3.63, 3.8) is 0 Å². The minimum atomic E-state index is 1.07. The van der Waals surface area contributed by atoms with Gasteiger partial charge < -0.3 is 9.88 Å². The van der Waals surface area contributed by atoms with E-state index in [1.54, 1.807) is 0 Å². The third-order valence-electron chi connectivity index (χ3n) is 9.60. The summed E-state index contributed by atoms with van der Waals surface area (Å²) in [5, 5.41) is 6.06. The topological polar surface area (TPSA) is 17.0 Å². The van der Waals surface area contributed by atoms with Crippen molar-refractivity contribution >= 4 is 33.2 Å². The van der Waals surface area contributed by atoms with E-state index in [4.69, 9.17) is 0 Å². The van der Waals surface area contributed by atoms with Gasteiger partial charge in [-0.05, 0) is 105 Å². The van der Waals surface area contributed by atoms with Crippen LogP contribution in [0.1, 0.15) is 0 Å². The minimum Gasteiger partial charge on any atom is -0.356 e. The summed E-state index contributed by atoms with van der Waals surface area (Å²) < 4.78 is 2.36. The monoisotopic (exact) mass is 638 g/mol. The second-order valence-corrected chi connectivity index (χ2v) is 12.7. The number of nitrogens with one attached hydrogen (secondary N) is 1. The molecule has 1 N–H and O–H groups in total. The zero-order chi connectivity index (χ0) is 33.3. The molecule has 1 aromatic heterocycles. The molecule has 0 aliphatic heterocycles. The number of aromatic nitrogens is 1. The van der Waals surface area contributed by atoms with Crippen LogP contribution in [0.15, 0.2) is 200 Å². The van der Waals surface area contributed by atoms with Crippen LogP contribution in [0, 0.1) is 0 Å². The largest absolute Gasteiger partial charge is 0.356 e. The first-order valence-corrected chi connectivity index (χ1v) is 17.1. The third kappa shape index (κ3) is 5.63. The molecule has 236 valence electrons. The van der Waals surface area contributed by atoms with Crippen LogP contribution in [0.3, 0.4) is 0 Å². The Kier molecular flexibility index (Phi) is 7.53. The third-order valence-corrected chi connectivity index (χ3v) is 9.60. The van der Waals surface area contributed by atoms with Crippen molar-refractivity contribution in [3.05, 3.63) is 200 Å². The molecule has 0 bridgehead atoms. The first kappa shape index (κ1) is 29.5. The molecule has 2 nitrogen and oxygen atoms in total. The van der Waals surface area contributed by atoms with Gasteiger partial charge in [0, 0.05) is 27.8 Å². The molecule has 0 fully saturated rings. The quantitative estimate of drug-likeness (QED) is 0.184. The van der Waals surface area contributed by atoms with Gasteiger partial charge in [-0.1, -0.05) is 140 Å². The molecule has 2 heteroatoms. The van der Waals surface area contributed by atoms with Gasteiger partial charge >= 0.3 is 0 Å². The zero-order valence-corrected chi connectivity index (χ0v) is 27.5. The normalized spacial score (nSPS) is 11.2. The maximum atomic E-state index is 3.54. The maximum absolute atomic E-state index is 3.54. The molecule has 1 heterocycles. The van der Waals surface area contributed by atoms with E-state index < -0.39 is 0 Å². The number of fused-ring (bicyclic) bond motifs is 3. The summed E-state index contributed by atoms with van der Waals surface area (Å²) in [6, 6.07) is 71.7. The molecule has 0 unspecified atom stereocenters. The summed E-state index contributed by atoms with van der Waals surface area (Å²) in [6.07, 6.45) is 0. The molecule has 0 amide bonds. The van der Waals surface area contributed by atoms with Gasteiger partial charge in [-0.3, -0.25) is 0 Å². The van der Waals surface area contributed by atoms with Crippen LogP contribution in [0.4, 0.5) is 11.4 Å².